The normalized spacial score (nSPS) is 12.2. The summed E-state index contributed by atoms with van der Waals surface area (Å²) in [4.78, 5) is 27.8. The van der Waals surface area contributed by atoms with Crippen LogP contribution in [-0.2, 0) is 26.2 Å². The summed E-state index contributed by atoms with van der Waals surface area (Å²) >= 11 is 14.3. The number of halogens is 3. The Hall–Kier alpha value is -1.56. The Morgan fingerprint density at radius 2 is 1.71 bits per heavy atom. The van der Waals surface area contributed by atoms with E-state index in [2.05, 4.69) is 27.9 Å². The van der Waals surface area contributed by atoms with E-state index >= 15 is 0 Å². The standard InChI is InChI=1S/C23H28Cl2IN3O4S/c1-4-12-27-23(31)21(5-2)28(14-16-6-11-19(24)20(25)13-16)22(30)15-29(34(3,32)33)18-9-7-17(26)8-10-18/h6-11,13,21H,4-5,12,14-15H2,1-3H3,(H,27,31)/t21-/m0/s1. The second-order valence-electron chi connectivity index (χ2n) is 7.73. The zero-order chi connectivity index (χ0) is 25.5. The van der Waals surface area contributed by atoms with Gasteiger partial charge in [-0.3, -0.25) is 13.9 Å². The van der Waals surface area contributed by atoms with E-state index in [4.69, 9.17) is 23.2 Å². The Morgan fingerprint density at radius 1 is 1.06 bits per heavy atom. The number of hydrogen-bond donors (Lipinski definition) is 1. The van der Waals surface area contributed by atoms with Crippen molar-refractivity contribution in [1.82, 2.24) is 10.2 Å². The maximum absolute atomic E-state index is 13.6. The lowest BCUT2D eigenvalue weighted by Gasteiger charge is -2.33. The minimum absolute atomic E-state index is 0.0675. The SMILES string of the molecule is CCCNC(=O)[C@H](CC)N(Cc1ccc(Cl)c(Cl)c1)C(=O)CN(c1ccc(I)cc1)S(C)(=O)=O. The molecule has 0 saturated heterocycles. The maximum Gasteiger partial charge on any atom is 0.244 e. The number of amides is 2. The Labute approximate surface area is 225 Å². The molecule has 2 aromatic carbocycles. The average molecular weight is 640 g/mol. The van der Waals surface area contributed by atoms with Crippen molar-refractivity contribution in [1.29, 1.82) is 0 Å². The van der Waals surface area contributed by atoms with E-state index in [1.807, 2.05) is 6.92 Å². The molecule has 0 aromatic heterocycles. The summed E-state index contributed by atoms with van der Waals surface area (Å²) in [6, 6.07) is 11.0. The highest BCUT2D eigenvalue weighted by molar-refractivity contribution is 14.1. The molecule has 0 aliphatic rings. The number of hydrogen-bond acceptors (Lipinski definition) is 4. The second kappa shape index (κ2) is 12.9. The Morgan fingerprint density at radius 3 is 2.24 bits per heavy atom. The van der Waals surface area contributed by atoms with Crippen LogP contribution in [-0.4, -0.2) is 50.5 Å². The van der Waals surface area contributed by atoms with Gasteiger partial charge in [-0.1, -0.05) is 43.1 Å². The van der Waals surface area contributed by atoms with Crippen molar-refractivity contribution in [3.8, 4) is 0 Å². The number of carbonyl (C=O) groups is 2. The van der Waals surface area contributed by atoms with Gasteiger partial charge in [-0.2, -0.15) is 0 Å². The first-order valence-electron chi connectivity index (χ1n) is 10.7. The van der Waals surface area contributed by atoms with Crippen molar-refractivity contribution < 1.29 is 18.0 Å². The summed E-state index contributed by atoms with van der Waals surface area (Å²) in [5, 5.41) is 3.53. The Kier molecular flexibility index (Phi) is 10.9. The van der Waals surface area contributed by atoms with Gasteiger partial charge in [0.1, 0.15) is 12.6 Å². The average Bonchev–Trinajstić information content (AvgIpc) is 2.78. The molecule has 1 atom stereocenters. The van der Waals surface area contributed by atoms with Gasteiger partial charge in [-0.25, -0.2) is 8.42 Å². The van der Waals surface area contributed by atoms with E-state index in [0.717, 1.165) is 20.6 Å². The highest BCUT2D eigenvalue weighted by Gasteiger charge is 2.31. The monoisotopic (exact) mass is 639 g/mol. The number of nitrogens with zero attached hydrogens (tertiary/aromatic N) is 2. The molecule has 0 radical (unpaired) electrons. The number of nitrogens with one attached hydrogen (secondary N) is 1. The predicted octanol–water partition coefficient (Wildman–Crippen LogP) is 4.70. The molecule has 2 rings (SSSR count). The van der Waals surface area contributed by atoms with Crippen LogP contribution < -0.4 is 9.62 Å². The van der Waals surface area contributed by atoms with Crippen molar-refractivity contribution in [2.45, 2.75) is 39.3 Å². The van der Waals surface area contributed by atoms with Crippen molar-refractivity contribution in [2.75, 3.05) is 23.7 Å². The molecule has 0 bridgehead atoms. The number of carbonyl (C=O) groups excluding carboxylic acids is 2. The predicted molar refractivity (Wildman–Crippen MR) is 146 cm³/mol. The van der Waals surface area contributed by atoms with Crippen LogP contribution in [0.3, 0.4) is 0 Å². The lowest BCUT2D eigenvalue weighted by molar-refractivity contribution is -0.140. The molecular formula is C23H28Cl2IN3O4S. The largest absolute Gasteiger partial charge is 0.354 e. The lowest BCUT2D eigenvalue weighted by atomic mass is 10.1. The third-order valence-electron chi connectivity index (χ3n) is 5.07. The smallest absolute Gasteiger partial charge is 0.244 e. The van der Waals surface area contributed by atoms with Crippen LogP contribution in [0.2, 0.25) is 10.0 Å². The summed E-state index contributed by atoms with van der Waals surface area (Å²) in [7, 11) is -3.77. The van der Waals surface area contributed by atoms with Gasteiger partial charge < -0.3 is 10.2 Å². The molecule has 7 nitrogen and oxygen atoms in total. The zero-order valence-electron chi connectivity index (χ0n) is 19.2. The van der Waals surface area contributed by atoms with Crippen LogP contribution in [0.1, 0.15) is 32.3 Å². The van der Waals surface area contributed by atoms with Gasteiger partial charge in [0.15, 0.2) is 0 Å². The molecule has 2 amide bonds. The summed E-state index contributed by atoms with van der Waals surface area (Å²) < 4.78 is 27.1. The first kappa shape index (κ1) is 28.7. The summed E-state index contributed by atoms with van der Waals surface area (Å²) in [6.07, 6.45) is 2.15. The van der Waals surface area contributed by atoms with Crippen molar-refractivity contribution in [3.05, 3.63) is 61.6 Å². The lowest BCUT2D eigenvalue weighted by Crippen LogP contribution is -2.52. The van der Waals surface area contributed by atoms with Crippen molar-refractivity contribution >= 4 is 73.3 Å². The van der Waals surface area contributed by atoms with Crippen LogP contribution in [0.4, 0.5) is 5.69 Å². The van der Waals surface area contributed by atoms with Crippen LogP contribution in [0.5, 0.6) is 0 Å². The molecule has 0 unspecified atom stereocenters. The fraction of sp³-hybridized carbons (Fsp3) is 0.391. The molecule has 0 spiro atoms. The molecule has 34 heavy (non-hydrogen) atoms. The topological polar surface area (TPSA) is 86.8 Å². The quantitative estimate of drug-likeness (QED) is 0.361. The van der Waals surface area contributed by atoms with Gasteiger partial charge in [0.2, 0.25) is 21.8 Å². The van der Waals surface area contributed by atoms with Crippen molar-refractivity contribution in [2.24, 2.45) is 0 Å². The molecule has 0 aliphatic carbocycles. The zero-order valence-corrected chi connectivity index (χ0v) is 23.7. The van der Waals surface area contributed by atoms with Gasteiger partial charge in [0, 0.05) is 16.7 Å². The third-order valence-corrected chi connectivity index (χ3v) is 7.66. The summed E-state index contributed by atoms with van der Waals surface area (Å²) in [6.45, 7) is 3.84. The highest BCUT2D eigenvalue weighted by atomic mass is 127. The Balaban J connectivity index is 2.43. The van der Waals surface area contributed by atoms with E-state index in [-0.39, 0.29) is 12.5 Å². The van der Waals surface area contributed by atoms with Crippen LogP contribution in [0, 0.1) is 3.57 Å². The first-order chi connectivity index (χ1) is 16.0. The van der Waals surface area contributed by atoms with E-state index in [0.29, 0.717) is 34.3 Å². The molecule has 2 aromatic rings. The fourth-order valence-electron chi connectivity index (χ4n) is 3.34. The maximum atomic E-state index is 13.6. The molecule has 0 fully saturated rings. The minimum atomic E-state index is -3.77. The van der Waals surface area contributed by atoms with E-state index in [9.17, 15) is 18.0 Å². The summed E-state index contributed by atoms with van der Waals surface area (Å²) in [5.74, 6) is -0.800. The molecule has 186 valence electrons. The van der Waals surface area contributed by atoms with Crippen LogP contribution in [0.25, 0.3) is 0 Å². The van der Waals surface area contributed by atoms with E-state index in [1.54, 1.807) is 49.4 Å². The number of sulfonamides is 1. The molecule has 0 heterocycles. The number of benzene rings is 2. The third kappa shape index (κ3) is 8.00. The van der Waals surface area contributed by atoms with Gasteiger partial charge in [0.25, 0.3) is 0 Å². The van der Waals surface area contributed by atoms with Crippen LogP contribution in [0.15, 0.2) is 42.5 Å². The van der Waals surface area contributed by atoms with E-state index < -0.39 is 28.5 Å². The minimum Gasteiger partial charge on any atom is -0.354 e. The molecule has 1 N–H and O–H groups in total. The van der Waals surface area contributed by atoms with Gasteiger partial charge in [-0.15, -0.1) is 0 Å². The van der Waals surface area contributed by atoms with Gasteiger partial charge in [0.05, 0.1) is 22.0 Å². The molecule has 0 aliphatic heterocycles. The molecular weight excluding hydrogens is 612 g/mol. The van der Waals surface area contributed by atoms with Crippen LogP contribution >= 0.6 is 45.8 Å². The first-order valence-corrected chi connectivity index (χ1v) is 14.4. The van der Waals surface area contributed by atoms with Gasteiger partial charge >= 0.3 is 0 Å². The van der Waals surface area contributed by atoms with E-state index in [1.165, 1.54) is 4.90 Å². The van der Waals surface area contributed by atoms with Crippen molar-refractivity contribution in [3.63, 3.8) is 0 Å². The Bertz CT molecular complexity index is 1110. The highest BCUT2D eigenvalue weighted by Crippen LogP contribution is 2.25. The molecule has 11 heteroatoms. The summed E-state index contributed by atoms with van der Waals surface area (Å²) in [5.41, 5.74) is 1.04. The fourth-order valence-corrected chi connectivity index (χ4v) is 4.87. The van der Waals surface area contributed by atoms with Gasteiger partial charge in [-0.05, 0) is 77.4 Å². The second-order valence-corrected chi connectivity index (χ2v) is 11.7. The number of rotatable bonds is 11. The molecule has 0 saturated carbocycles. The number of anilines is 1.